The molecule has 1 saturated carbocycles. The van der Waals surface area contributed by atoms with Crippen LogP contribution in [0.2, 0.25) is 17.3 Å². The molecular weight excluding hydrogens is 1750 g/mol. The summed E-state index contributed by atoms with van der Waals surface area (Å²) in [7, 11) is 1.57. The average Bonchev–Trinajstić information content (AvgIpc) is 1.64. The Kier molecular flexibility index (Phi) is 23.9. The van der Waals surface area contributed by atoms with Gasteiger partial charge in [-0.2, -0.15) is 35.1 Å². The topological polar surface area (TPSA) is 301 Å². The number of alkyl halides is 8. The number of aryl methyl sites for hydroxylation is 1. The molecule has 0 unspecified atom stereocenters. The van der Waals surface area contributed by atoms with Crippen LogP contribution < -0.4 is 26.0 Å². The first-order chi connectivity index (χ1) is 57.7. The third-order valence-electron chi connectivity index (χ3n) is 23.8. The highest BCUT2D eigenvalue weighted by atomic mass is 35.5. The number of piperidine rings is 4. The van der Waals surface area contributed by atoms with Crippen LogP contribution in [0.25, 0.3) is 5.65 Å². The first-order valence-corrected chi connectivity index (χ1v) is 44.3. The van der Waals surface area contributed by atoms with Crippen LogP contribution in [0.15, 0.2) is 92.2 Å². The molecule has 0 radical (unpaired) electrons. The Bertz CT molecular complexity index is 5530. The molecule has 11 aromatic rings. The minimum Gasteiger partial charge on any atom is -0.481 e. The fourth-order valence-corrected chi connectivity index (χ4v) is 23.9. The molecular formula is C78H86Cl4F8N20O7S4. The Hall–Kier alpha value is -6.87. The molecule has 0 amide bonds. The lowest BCUT2D eigenvalue weighted by molar-refractivity contribution is -0.183. The molecule has 1 aliphatic carbocycles. The van der Waals surface area contributed by atoms with E-state index in [1.54, 1.807) is 56.7 Å². The van der Waals surface area contributed by atoms with Crippen LogP contribution in [0.1, 0.15) is 198 Å². The second-order valence-electron chi connectivity index (χ2n) is 33.2. The second-order valence-corrected chi connectivity index (χ2v) is 39.9. The van der Waals surface area contributed by atoms with Gasteiger partial charge in [-0.05, 0) is 102 Å². The fourth-order valence-electron chi connectivity index (χ4n) is 18.2. The monoisotopic (exact) mass is 1830 g/mol. The van der Waals surface area contributed by atoms with E-state index < -0.39 is 72.5 Å². The second kappa shape index (κ2) is 33.5. The van der Waals surface area contributed by atoms with E-state index in [0.29, 0.717) is 127 Å². The van der Waals surface area contributed by atoms with E-state index >= 15 is 0 Å². The molecule has 0 aromatic carbocycles. The molecule has 121 heavy (non-hydrogen) atoms. The number of rotatable bonds is 15. The van der Waals surface area contributed by atoms with Gasteiger partial charge in [0.2, 0.25) is 5.88 Å². The average molecular weight is 1840 g/mol. The quantitative estimate of drug-likeness (QED) is 0.0520. The number of aliphatic hydroxyl groups excluding tert-OH is 2. The lowest BCUT2D eigenvalue weighted by Gasteiger charge is -2.47. The van der Waals surface area contributed by atoms with Crippen LogP contribution in [0, 0.1) is 5.41 Å². The van der Waals surface area contributed by atoms with Crippen molar-refractivity contribution in [2.24, 2.45) is 5.41 Å². The number of aromatic nitrogens is 16. The summed E-state index contributed by atoms with van der Waals surface area (Å²) in [4.78, 5) is 14.7. The van der Waals surface area contributed by atoms with Gasteiger partial charge in [0, 0.05) is 135 Å². The van der Waals surface area contributed by atoms with Crippen molar-refractivity contribution in [3.63, 3.8) is 0 Å². The molecule has 43 heteroatoms. The molecule has 0 bridgehead atoms. The molecule has 4 saturated heterocycles. The first-order valence-electron chi connectivity index (χ1n) is 39.6. The summed E-state index contributed by atoms with van der Waals surface area (Å²) in [5.74, 6) is -11.6. The molecule has 648 valence electrons. The maximum atomic E-state index is 14.5. The number of nitrogens with zero attached hydrogens (tertiary/aromatic N) is 16. The zero-order valence-corrected chi connectivity index (χ0v) is 72.2. The zero-order valence-electron chi connectivity index (χ0n) is 65.9. The van der Waals surface area contributed by atoms with Gasteiger partial charge in [-0.3, -0.25) is 18.7 Å². The van der Waals surface area contributed by atoms with Crippen LogP contribution in [-0.4, -0.2) is 160 Å². The van der Waals surface area contributed by atoms with Gasteiger partial charge < -0.3 is 55.2 Å². The van der Waals surface area contributed by atoms with Crippen LogP contribution in [0.4, 0.5) is 35.1 Å². The number of halogens is 12. The number of pyridine rings is 1. The molecule has 11 aromatic heterocycles. The third-order valence-corrected chi connectivity index (χ3v) is 29.6. The van der Waals surface area contributed by atoms with Gasteiger partial charge in [0.15, 0.2) is 5.65 Å². The molecule has 19 heterocycles. The van der Waals surface area contributed by atoms with E-state index in [4.69, 9.17) is 75.2 Å². The Morgan fingerprint density at radius 1 is 0.488 bits per heavy atom. The molecule has 9 aliphatic rings. The van der Waals surface area contributed by atoms with E-state index in [0.717, 1.165) is 52.5 Å². The smallest absolute Gasteiger partial charge is 0.297 e. The predicted molar refractivity (Wildman–Crippen MR) is 434 cm³/mol. The van der Waals surface area contributed by atoms with E-state index in [-0.39, 0.29) is 89.2 Å². The molecule has 6 N–H and O–H groups in total. The van der Waals surface area contributed by atoms with Gasteiger partial charge in [0.05, 0.1) is 141 Å². The molecule has 8 aliphatic heterocycles. The van der Waals surface area contributed by atoms with Gasteiger partial charge in [-0.15, -0.1) is 65.7 Å². The summed E-state index contributed by atoms with van der Waals surface area (Å²) < 4.78 is 154. The number of aliphatic hydroxyl groups is 2. The van der Waals surface area contributed by atoms with E-state index in [2.05, 4.69) is 77.5 Å². The maximum Gasteiger partial charge on any atom is 0.297 e. The number of nitrogens with one attached hydrogen (secondary N) is 4. The van der Waals surface area contributed by atoms with Crippen molar-refractivity contribution >= 4 is 97.4 Å². The zero-order chi connectivity index (χ0) is 85.0. The maximum absolute atomic E-state index is 14.5. The third kappa shape index (κ3) is 17.6. The number of fused-ring (bicyclic) bond motifs is 9. The normalized spacial score (nSPS) is 28.8. The van der Waals surface area contributed by atoms with Gasteiger partial charge >= 0.3 is 0 Å². The lowest BCUT2D eigenvalue weighted by Crippen LogP contribution is -2.51. The highest BCUT2D eigenvalue weighted by Gasteiger charge is 2.59. The summed E-state index contributed by atoms with van der Waals surface area (Å²) in [6.07, 6.45) is 23.0. The summed E-state index contributed by atoms with van der Waals surface area (Å²) in [5.41, 5.74) is 2.26. The fraction of sp³-hybridized carbons (Fsp3) is 0.551. The Labute approximate surface area is 724 Å². The van der Waals surface area contributed by atoms with Crippen molar-refractivity contribution in [2.45, 2.75) is 219 Å². The van der Waals surface area contributed by atoms with Crippen molar-refractivity contribution in [1.29, 1.82) is 0 Å². The molecule has 12 atom stereocenters. The summed E-state index contributed by atoms with van der Waals surface area (Å²) in [6, 6.07) is 8.66. The first kappa shape index (κ1) is 86.3. The van der Waals surface area contributed by atoms with Gasteiger partial charge in [-0.1, -0.05) is 73.3 Å². The van der Waals surface area contributed by atoms with Crippen molar-refractivity contribution in [2.75, 3.05) is 46.8 Å². The summed E-state index contributed by atoms with van der Waals surface area (Å²) >= 11 is 29.2. The number of imidazole rings is 1. The summed E-state index contributed by atoms with van der Waals surface area (Å²) in [6.45, 7) is 7.92. The molecule has 20 rings (SSSR count). The van der Waals surface area contributed by atoms with Gasteiger partial charge in [-0.25, -0.2) is 19.3 Å². The largest absolute Gasteiger partial charge is 0.481 e. The highest BCUT2D eigenvalue weighted by Crippen LogP contribution is 2.60. The van der Waals surface area contributed by atoms with Crippen LogP contribution in [0.3, 0.4) is 0 Å². The molecule has 4 spiro atoms. The predicted octanol–water partition coefficient (Wildman–Crippen LogP) is 15.0. The SMILES string of the molecule is COc1ccc(Cn2cc([C@@H]3C[C@]4(C[C@H](C)N3)OCC(F)(F)c3cc(Cl)sc34)nn2)cn1.C[C@H]1C[C@@]2(C[C@@H](c3cn(CC4(CO)CC4)nn3)N1)OCC(F)(F)c1cc(Cl)sc12.C[C@H]1C[C@@]2(C[C@@H](c3cn(CCCO)nn3)N1)OCC(F)(F)c1cc(Cl)sc12.C[C@H]1C[C@@]2(C[C@@H](c3cn(Cc4cnc5cnccn45)nn3)N1)OCC(F)(F)c1cc(Cl)sc12. The summed E-state index contributed by atoms with van der Waals surface area (Å²) in [5, 5.41) is 66.7. The van der Waals surface area contributed by atoms with Gasteiger partial charge in [0.25, 0.3) is 23.7 Å². The minimum atomic E-state index is -3.04. The van der Waals surface area contributed by atoms with Crippen LogP contribution >= 0.6 is 91.8 Å². The lowest BCUT2D eigenvalue weighted by atomic mass is 9.78. The van der Waals surface area contributed by atoms with Crippen molar-refractivity contribution in [3.8, 4) is 5.88 Å². The van der Waals surface area contributed by atoms with Crippen molar-refractivity contribution < 1.29 is 69.0 Å². The Morgan fingerprint density at radius 3 is 1.24 bits per heavy atom. The van der Waals surface area contributed by atoms with Crippen LogP contribution in [0.5, 0.6) is 5.88 Å². The molecule has 5 fully saturated rings. The standard InChI is InChI=1S/C21H20ClF2N7OS.C21H22ClF2N5O2S.C19H23ClF2N4O2S.C17H21ClF2N4O2S/c1-12-5-20(19-14(4-17(22)33-19)21(23,24)11-32-20)6-15(27-12)16-10-30(29-28-16)9-13-7-26-18-8-25-2-3-31(13)18;1-12-6-20(19-14(5-17(22)32-19)21(23,24)11-31-20)7-15(26-12)16-10-29(28-27-16)9-13-3-4-18(30-2)25-8-13;1-11-5-18(16-12(4-15(20)29-16)19(21,22)10-28-18)6-13(23-11)14-7-26(25-24-14)8-17(9-27)2-3-17;1-10-6-16(15-11(5-14(18)27-15)17(19,20)9-26-16)7-12(21-10)13-8-24(23-22-13)3-2-4-25/h2-4,7-8,10,12,15,27H,5-6,9,11H2,1H3;3-5,8,10,12,15,26H,6-7,9,11H2,1-2H3;4,7,11,13,23,27H,2-3,5-6,8-10H2,1H3;5,8,10,12,21,25H,2-4,6-7,9H2,1H3/t2*12-,15-,20-;11-,13-,18-;10-,12-,16-/m0000/s1. The van der Waals surface area contributed by atoms with Gasteiger partial charge in [0.1, 0.15) is 48.8 Å². The van der Waals surface area contributed by atoms with Crippen molar-refractivity contribution in [3.05, 3.63) is 185 Å². The number of ether oxygens (including phenoxy) is 5. The molecule has 27 nitrogen and oxygen atoms in total. The number of thiophene rings is 4. The Morgan fingerprint density at radius 2 is 0.868 bits per heavy atom. The number of hydrogen-bond donors (Lipinski definition) is 6. The van der Waals surface area contributed by atoms with E-state index in [9.17, 15) is 40.2 Å². The van der Waals surface area contributed by atoms with E-state index in [1.165, 1.54) is 69.6 Å². The highest BCUT2D eigenvalue weighted by molar-refractivity contribution is 7.17. The van der Waals surface area contributed by atoms with Crippen LogP contribution in [-0.2, 0) is 91.2 Å². The Balaban J connectivity index is 0.000000115. The number of hydrogen-bond acceptors (Lipinski definition) is 26. The number of methoxy groups -OCH3 is 1. The minimum absolute atomic E-state index is 0.00567. The van der Waals surface area contributed by atoms with E-state index in [1.807, 2.05) is 69.1 Å². The van der Waals surface area contributed by atoms with Crippen molar-refractivity contribution in [1.82, 2.24) is 101 Å².